The van der Waals surface area contributed by atoms with E-state index >= 15 is 0 Å². The molecular weight excluding hydrogens is 691 g/mol. The molecule has 2 atom stereocenters. The van der Waals surface area contributed by atoms with Crippen molar-refractivity contribution in [1.82, 2.24) is 0 Å². The first-order valence-corrected chi connectivity index (χ1v) is 22.2. The Morgan fingerprint density at radius 3 is 1.60 bits per heavy atom. The fraction of sp³-hybridized carbons (Fsp3) is 0.766. The number of carboxylic acids is 1. The molecule has 0 saturated heterocycles. The lowest BCUT2D eigenvalue weighted by atomic mass is 10.1. The van der Waals surface area contributed by atoms with E-state index in [4.69, 9.17) is 14.2 Å². The number of carbonyl (C=O) groups is 3. The number of allylic oxidation sites excluding steroid dienone is 8. The van der Waals surface area contributed by atoms with Gasteiger partial charge in [0.1, 0.15) is 6.61 Å². The highest BCUT2D eigenvalue weighted by Gasteiger charge is 2.31. The number of carbonyl (C=O) groups excluding carboxylic acids is 2. The lowest BCUT2D eigenvalue weighted by molar-refractivity contribution is -0.887. The average molecular weight is 775 g/mol. The summed E-state index contributed by atoms with van der Waals surface area (Å²) in [4.78, 5) is 36.9. The first kappa shape index (κ1) is 52.3. The first-order valence-electron chi connectivity index (χ1n) is 22.2. The molecule has 0 saturated carbocycles. The number of esters is 2. The van der Waals surface area contributed by atoms with Crippen LogP contribution in [0.25, 0.3) is 0 Å². The zero-order valence-electron chi connectivity index (χ0n) is 36.1. The van der Waals surface area contributed by atoms with Crippen LogP contribution in [0.3, 0.4) is 0 Å². The lowest BCUT2D eigenvalue weighted by Gasteiger charge is -2.31. The van der Waals surface area contributed by atoms with Crippen LogP contribution in [0.5, 0.6) is 0 Å². The Hall–Kier alpha value is -2.71. The van der Waals surface area contributed by atoms with Crippen molar-refractivity contribution in [2.75, 3.05) is 41.0 Å². The van der Waals surface area contributed by atoms with Crippen LogP contribution in [-0.2, 0) is 28.6 Å². The third kappa shape index (κ3) is 36.7. The second-order valence-corrected chi connectivity index (χ2v) is 15.9. The molecule has 2 unspecified atom stereocenters. The standard InChI is InChI=1S/C47H83NO7/c1-6-8-10-12-14-16-18-20-21-22-23-24-25-26-28-29-31-33-35-37-45(49)54-42-43(41-53-40-39-44(47(51)52)48(3,4)5)55-46(50)38-36-34-32-30-27-19-17-15-13-11-9-7-2/h9,11,14-18,20,43-44H,6-8,10,12-13,19,21-42H2,1-5H3/p+1/b11-9+,16-14+,17-15+,20-18+. The summed E-state index contributed by atoms with van der Waals surface area (Å²) < 4.78 is 17.3. The second kappa shape index (κ2) is 38.2. The molecule has 0 fully saturated rings. The molecule has 0 rings (SSSR count). The molecular formula is C47H84NO7+. The molecule has 0 radical (unpaired) electrons. The number of carboxylic acid groups (broad SMARTS) is 1. The minimum Gasteiger partial charge on any atom is -0.477 e. The van der Waals surface area contributed by atoms with E-state index in [1.165, 1.54) is 77.0 Å². The highest BCUT2D eigenvalue weighted by Crippen LogP contribution is 2.14. The van der Waals surface area contributed by atoms with E-state index in [0.717, 1.165) is 70.6 Å². The van der Waals surface area contributed by atoms with Crippen LogP contribution in [0.1, 0.15) is 181 Å². The molecule has 0 aromatic carbocycles. The fourth-order valence-corrected chi connectivity index (χ4v) is 6.30. The summed E-state index contributed by atoms with van der Waals surface area (Å²) in [6.07, 6.45) is 44.4. The second-order valence-electron chi connectivity index (χ2n) is 15.9. The Morgan fingerprint density at radius 1 is 0.582 bits per heavy atom. The summed E-state index contributed by atoms with van der Waals surface area (Å²) in [6.45, 7) is 4.58. The van der Waals surface area contributed by atoms with Crippen LogP contribution in [0, 0.1) is 0 Å². The van der Waals surface area contributed by atoms with Crippen molar-refractivity contribution >= 4 is 17.9 Å². The summed E-state index contributed by atoms with van der Waals surface area (Å²) in [6, 6.07) is -0.618. The number of hydrogen-bond donors (Lipinski definition) is 1. The molecule has 0 amide bonds. The lowest BCUT2D eigenvalue weighted by Crippen LogP contribution is -2.50. The van der Waals surface area contributed by atoms with Gasteiger partial charge >= 0.3 is 17.9 Å². The maximum absolute atomic E-state index is 12.7. The minimum atomic E-state index is -0.879. The van der Waals surface area contributed by atoms with Gasteiger partial charge in [0, 0.05) is 19.3 Å². The maximum Gasteiger partial charge on any atom is 0.362 e. The summed E-state index contributed by atoms with van der Waals surface area (Å²) in [7, 11) is 5.52. The van der Waals surface area contributed by atoms with E-state index in [9.17, 15) is 19.5 Å². The Labute approximate surface area is 337 Å². The fourth-order valence-electron chi connectivity index (χ4n) is 6.30. The molecule has 8 heteroatoms. The van der Waals surface area contributed by atoms with Gasteiger partial charge in [-0.3, -0.25) is 9.59 Å². The molecule has 0 aromatic heterocycles. The summed E-state index contributed by atoms with van der Waals surface area (Å²) in [5, 5.41) is 9.61. The minimum absolute atomic E-state index is 0.0537. The van der Waals surface area contributed by atoms with Crippen molar-refractivity contribution in [2.24, 2.45) is 0 Å². The molecule has 0 heterocycles. The Balaban J connectivity index is 4.30. The number of aliphatic carboxylic acids is 1. The molecule has 1 N–H and O–H groups in total. The van der Waals surface area contributed by atoms with Gasteiger partial charge in [-0.2, -0.15) is 0 Å². The zero-order valence-corrected chi connectivity index (χ0v) is 36.1. The number of unbranched alkanes of at least 4 members (excludes halogenated alkanes) is 18. The average Bonchev–Trinajstić information content (AvgIpc) is 3.14. The molecule has 0 spiro atoms. The van der Waals surface area contributed by atoms with Gasteiger partial charge in [-0.1, -0.05) is 146 Å². The van der Waals surface area contributed by atoms with Gasteiger partial charge < -0.3 is 23.8 Å². The Kier molecular flexibility index (Phi) is 36.3. The first-order chi connectivity index (χ1) is 26.6. The smallest absolute Gasteiger partial charge is 0.362 e. The largest absolute Gasteiger partial charge is 0.477 e. The van der Waals surface area contributed by atoms with E-state index in [2.05, 4.69) is 62.5 Å². The molecule has 0 bridgehead atoms. The third-order valence-corrected chi connectivity index (χ3v) is 9.74. The van der Waals surface area contributed by atoms with Crippen molar-refractivity contribution in [3.8, 4) is 0 Å². The van der Waals surface area contributed by atoms with Gasteiger partial charge in [0.2, 0.25) is 0 Å². The highest BCUT2D eigenvalue weighted by atomic mass is 16.6. The van der Waals surface area contributed by atoms with Crippen LogP contribution in [0.4, 0.5) is 0 Å². The van der Waals surface area contributed by atoms with Gasteiger partial charge in [-0.25, -0.2) is 4.79 Å². The van der Waals surface area contributed by atoms with Crippen molar-refractivity contribution in [3.63, 3.8) is 0 Å². The van der Waals surface area contributed by atoms with E-state index < -0.39 is 18.1 Å². The van der Waals surface area contributed by atoms with E-state index in [-0.39, 0.29) is 36.2 Å². The quantitative estimate of drug-likeness (QED) is 0.0218. The maximum atomic E-state index is 12.7. The summed E-state index contributed by atoms with van der Waals surface area (Å²) in [5.41, 5.74) is 0. The Bertz CT molecular complexity index is 1040. The van der Waals surface area contributed by atoms with E-state index in [0.29, 0.717) is 19.3 Å². The number of quaternary nitrogens is 1. The van der Waals surface area contributed by atoms with E-state index in [1.54, 1.807) is 0 Å². The van der Waals surface area contributed by atoms with Gasteiger partial charge in [0.05, 0.1) is 34.4 Å². The van der Waals surface area contributed by atoms with Crippen molar-refractivity contribution in [3.05, 3.63) is 48.6 Å². The highest BCUT2D eigenvalue weighted by molar-refractivity contribution is 5.72. The number of ether oxygens (including phenoxy) is 3. The third-order valence-electron chi connectivity index (χ3n) is 9.74. The molecule has 8 nitrogen and oxygen atoms in total. The van der Waals surface area contributed by atoms with E-state index in [1.807, 2.05) is 21.1 Å². The normalized spacial score (nSPS) is 13.4. The molecule has 0 aliphatic carbocycles. The van der Waals surface area contributed by atoms with Crippen molar-refractivity contribution in [1.29, 1.82) is 0 Å². The number of likely N-dealkylation sites (N-methyl/N-ethyl adjacent to an activating group) is 1. The molecule has 0 aliphatic rings. The number of hydrogen-bond acceptors (Lipinski definition) is 6. The van der Waals surface area contributed by atoms with Crippen LogP contribution in [0.2, 0.25) is 0 Å². The van der Waals surface area contributed by atoms with Gasteiger partial charge in [-0.05, 0) is 64.2 Å². The van der Waals surface area contributed by atoms with Crippen LogP contribution >= 0.6 is 0 Å². The summed E-state index contributed by atoms with van der Waals surface area (Å²) in [5.74, 6) is -1.49. The van der Waals surface area contributed by atoms with Gasteiger partial charge in [0.15, 0.2) is 12.1 Å². The van der Waals surface area contributed by atoms with Crippen molar-refractivity contribution < 1.29 is 38.2 Å². The monoisotopic (exact) mass is 775 g/mol. The Morgan fingerprint density at radius 2 is 1.07 bits per heavy atom. The molecule has 0 aliphatic heterocycles. The van der Waals surface area contributed by atoms with Gasteiger partial charge in [-0.15, -0.1) is 0 Å². The topological polar surface area (TPSA) is 99.1 Å². The number of rotatable bonds is 39. The van der Waals surface area contributed by atoms with Gasteiger partial charge in [0.25, 0.3) is 0 Å². The van der Waals surface area contributed by atoms with Crippen molar-refractivity contribution in [2.45, 2.75) is 193 Å². The predicted molar refractivity (Wildman–Crippen MR) is 229 cm³/mol. The number of nitrogens with zero attached hydrogens (tertiary/aromatic N) is 1. The molecule has 318 valence electrons. The zero-order chi connectivity index (χ0) is 40.7. The molecule has 0 aromatic rings. The molecule has 55 heavy (non-hydrogen) atoms. The SMILES string of the molecule is CC/C=C/C/C=C/CCCCCCCC(=O)OC(COCCC(C(=O)O)[N+](C)(C)C)COC(=O)CCCCCCCCCCCC/C=C/C=C/CCCCC. The van der Waals surface area contributed by atoms with Crippen LogP contribution in [0.15, 0.2) is 48.6 Å². The van der Waals surface area contributed by atoms with Crippen LogP contribution in [-0.4, -0.2) is 80.6 Å². The predicted octanol–water partition coefficient (Wildman–Crippen LogP) is 12.0. The van der Waals surface area contributed by atoms with Crippen LogP contribution < -0.4 is 0 Å². The summed E-state index contributed by atoms with van der Waals surface area (Å²) >= 11 is 0.